The Morgan fingerprint density at radius 1 is 0.913 bits per heavy atom. The highest BCUT2D eigenvalue weighted by Gasteiger charge is 2.12. The quantitative estimate of drug-likeness (QED) is 0.489. The molecule has 0 saturated heterocycles. The van der Waals surface area contributed by atoms with Gasteiger partial charge in [-0.05, 0) is 30.3 Å². The fraction of sp³-hybridized carbons (Fsp3) is 0.0556. The van der Waals surface area contributed by atoms with Crippen molar-refractivity contribution in [1.29, 1.82) is 0 Å². The molecule has 2 amide bonds. The minimum Gasteiger partial charge on any atom is -0.326 e. The maximum absolute atomic E-state index is 12.2. The Hall–Kier alpha value is -3.21. The molecule has 0 saturated carbocycles. The first kappa shape index (κ1) is 16.2. The van der Waals surface area contributed by atoms with Gasteiger partial charge in [-0.15, -0.1) is 0 Å². The zero-order valence-corrected chi connectivity index (χ0v) is 12.4. The maximum atomic E-state index is 12.2. The third kappa shape index (κ3) is 4.93. The maximum Gasteiger partial charge on any atom is 0.247 e. The fourth-order valence-corrected chi connectivity index (χ4v) is 1.94. The number of amides is 2. The van der Waals surface area contributed by atoms with Gasteiger partial charge in [0.1, 0.15) is 0 Å². The minimum absolute atomic E-state index is 0.270. The summed E-state index contributed by atoms with van der Waals surface area (Å²) in [6.07, 6.45) is 0.871. The Morgan fingerprint density at radius 3 is 2.30 bits per heavy atom. The predicted molar refractivity (Wildman–Crippen MR) is 89.3 cm³/mol. The normalized spacial score (nSPS) is 9.74. The lowest BCUT2D eigenvalue weighted by Crippen LogP contribution is -2.16. The summed E-state index contributed by atoms with van der Waals surface area (Å²) in [6.45, 7) is 3.36. The Labute approximate surface area is 134 Å². The van der Waals surface area contributed by atoms with Crippen molar-refractivity contribution in [2.75, 3.05) is 10.6 Å². The number of benzene rings is 2. The molecule has 0 aromatic heterocycles. The summed E-state index contributed by atoms with van der Waals surface area (Å²) in [5.74, 6) is -1.08. The van der Waals surface area contributed by atoms with Crippen LogP contribution in [-0.4, -0.2) is 17.6 Å². The van der Waals surface area contributed by atoms with Crippen LogP contribution in [0.2, 0.25) is 0 Å². The van der Waals surface area contributed by atoms with Gasteiger partial charge in [0.05, 0.1) is 6.42 Å². The molecule has 2 N–H and O–H groups in total. The highest BCUT2D eigenvalue weighted by Crippen LogP contribution is 2.13. The first-order valence-corrected chi connectivity index (χ1v) is 7.00. The van der Waals surface area contributed by atoms with Crippen molar-refractivity contribution in [3.05, 3.63) is 72.8 Å². The molecule has 2 rings (SSSR count). The Morgan fingerprint density at radius 2 is 1.61 bits per heavy atom. The van der Waals surface area contributed by atoms with Gasteiger partial charge < -0.3 is 10.6 Å². The molecule has 0 radical (unpaired) electrons. The number of Topliss-reactive ketones (excluding diaryl/α,β-unsaturated/α-hetero) is 1. The molecule has 116 valence electrons. The Bertz CT molecular complexity index is 739. The van der Waals surface area contributed by atoms with E-state index in [1.807, 2.05) is 6.07 Å². The number of carbonyl (C=O) groups excluding carboxylic acids is 3. The zero-order chi connectivity index (χ0) is 16.7. The van der Waals surface area contributed by atoms with Crippen molar-refractivity contribution in [3.8, 4) is 0 Å². The number of rotatable bonds is 6. The molecule has 0 bridgehead atoms. The lowest BCUT2D eigenvalue weighted by molar-refractivity contribution is -0.115. The molecule has 5 heteroatoms. The summed E-state index contributed by atoms with van der Waals surface area (Å²) in [4.78, 5) is 35.3. The first-order valence-electron chi connectivity index (χ1n) is 7.00. The number of hydrogen-bond donors (Lipinski definition) is 2. The number of hydrogen-bond acceptors (Lipinski definition) is 3. The molecule has 0 aliphatic rings. The second kappa shape index (κ2) is 7.70. The van der Waals surface area contributed by atoms with E-state index < -0.39 is 0 Å². The van der Waals surface area contributed by atoms with Gasteiger partial charge >= 0.3 is 0 Å². The lowest BCUT2D eigenvalue weighted by atomic mass is 10.1. The standard InChI is InChI=1S/C18H16N2O3/c1-2-17(22)20-15-10-6-7-13(11-15)16(21)12-18(23)19-14-8-4-3-5-9-14/h2-11H,1,12H2,(H,19,23)(H,20,22). The van der Waals surface area contributed by atoms with Crippen LogP contribution in [0.15, 0.2) is 67.3 Å². The van der Waals surface area contributed by atoms with Crippen molar-refractivity contribution in [3.63, 3.8) is 0 Å². The molecule has 2 aromatic rings. The van der Waals surface area contributed by atoms with Crippen LogP contribution >= 0.6 is 0 Å². The van der Waals surface area contributed by atoms with Crippen LogP contribution in [0.25, 0.3) is 0 Å². The van der Waals surface area contributed by atoms with E-state index >= 15 is 0 Å². The average molecular weight is 308 g/mol. The minimum atomic E-state index is -0.387. The topological polar surface area (TPSA) is 75.3 Å². The van der Waals surface area contributed by atoms with Crippen LogP contribution in [0, 0.1) is 0 Å². The van der Waals surface area contributed by atoms with Crippen LogP contribution in [0.1, 0.15) is 16.8 Å². The highest BCUT2D eigenvalue weighted by molar-refractivity contribution is 6.11. The molecule has 0 fully saturated rings. The van der Waals surface area contributed by atoms with Gasteiger partial charge in [0, 0.05) is 16.9 Å². The van der Waals surface area contributed by atoms with Gasteiger partial charge in [0.25, 0.3) is 0 Å². The van der Waals surface area contributed by atoms with Crippen LogP contribution in [0.4, 0.5) is 11.4 Å². The Balaban J connectivity index is 2.00. The van der Waals surface area contributed by atoms with E-state index in [1.54, 1.807) is 42.5 Å². The average Bonchev–Trinajstić information content (AvgIpc) is 2.55. The van der Waals surface area contributed by atoms with E-state index in [1.165, 1.54) is 6.07 Å². The third-order valence-electron chi connectivity index (χ3n) is 3.02. The van der Waals surface area contributed by atoms with E-state index in [0.29, 0.717) is 16.9 Å². The smallest absolute Gasteiger partial charge is 0.247 e. The summed E-state index contributed by atoms with van der Waals surface area (Å²) in [5, 5.41) is 5.23. The summed E-state index contributed by atoms with van der Waals surface area (Å²) in [6, 6.07) is 15.3. The van der Waals surface area contributed by atoms with E-state index in [-0.39, 0.29) is 24.0 Å². The van der Waals surface area contributed by atoms with Crippen LogP contribution in [-0.2, 0) is 9.59 Å². The Kier molecular flexibility index (Phi) is 5.41. The lowest BCUT2D eigenvalue weighted by Gasteiger charge is -2.06. The van der Waals surface area contributed by atoms with Crippen LogP contribution in [0.3, 0.4) is 0 Å². The number of nitrogens with one attached hydrogen (secondary N) is 2. The molecule has 0 unspecified atom stereocenters. The van der Waals surface area contributed by atoms with Crippen molar-refractivity contribution in [1.82, 2.24) is 0 Å². The van der Waals surface area contributed by atoms with E-state index in [9.17, 15) is 14.4 Å². The first-order chi connectivity index (χ1) is 11.1. The van der Waals surface area contributed by atoms with Gasteiger partial charge in [-0.2, -0.15) is 0 Å². The molecule has 0 heterocycles. The molecule has 0 aliphatic heterocycles. The summed E-state index contributed by atoms with van der Waals surface area (Å²) in [7, 11) is 0. The SMILES string of the molecule is C=CC(=O)Nc1cccc(C(=O)CC(=O)Nc2ccccc2)c1. The van der Waals surface area contributed by atoms with Crippen molar-refractivity contribution < 1.29 is 14.4 Å². The number of anilines is 2. The van der Waals surface area contributed by atoms with E-state index in [4.69, 9.17) is 0 Å². The third-order valence-corrected chi connectivity index (χ3v) is 3.02. The fourth-order valence-electron chi connectivity index (χ4n) is 1.94. The van der Waals surface area contributed by atoms with Crippen LogP contribution < -0.4 is 10.6 Å². The molecular formula is C18H16N2O3. The van der Waals surface area contributed by atoms with Crippen molar-refractivity contribution in [2.24, 2.45) is 0 Å². The molecular weight excluding hydrogens is 292 g/mol. The molecule has 0 aliphatic carbocycles. The number of ketones is 1. The van der Waals surface area contributed by atoms with E-state index in [2.05, 4.69) is 17.2 Å². The molecule has 2 aromatic carbocycles. The molecule has 0 spiro atoms. The highest BCUT2D eigenvalue weighted by atomic mass is 16.2. The number of carbonyl (C=O) groups is 3. The van der Waals surface area contributed by atoms with Crippen molar-refractivity contribution >= 4 is 29.0 Å². The van der Waals surface area contributed by atoms with Crippen LogP contribution in [0.5, 0.6) is 0 Å². The van der Waals surface area contributed by atoms with E-state index in [0.717, 1.165) is 6.08 Å². The van der Waals surface area contributed by atoms with Gasteiger partial charge in [-0.3, -0.25) is 14.4 Å². The molecule has 5 nitrogen and oxygen atoms in total. The largest absolute Gasteiger partial charge is 0.326 e. The summed E-state index contributed by atoms with van der Waals surface area (Å²) in [5.41, 5.74) is 1.47. The van der Waals surface area contributed by atoms with Gasteiger partial charge in [-0.25, -0.2) is 0 Å². The predicted octanol–water partition coefficient (Wildman–Crippen LogP) is 3.02. The van der Waals surface area contributed by atoms with Gasteiger partial charge in [0.15, 0.2) is 5.78 Å². The zero-order valence-electron chi connectivity index (χ0n) is 12.4. The van der Waals surface area contributed by atoms with Gasteiger partial charge in [0.2, 0.25) is 11.8 Å². The number of para-hydroxylation sites is 1. The second-order valence-corrected chi connectivity index (χ2v) is 4.79. The monoisotopic (exact) mass is 308 g/mol. The second-order valence-electron chi connectivity index (χ2n) is 4.79. The summed E-state index contributed by atoms with van der Waals surface area (Å²) < 4.78 is 0. The molecule has 23 heavy (non-hydrogen) atoms. The summed E-state index contributed by atoms with van der Waals surface area (Å²) >= 11 is 0. The van der Waals surface area contributed by atoms with Gasteiger partial charge in [-0.1, -0.05) is 36.9 Å². The molecule has 0 atom stereocenters. The van der Waals surface area contributed by atoms with Crippen molar-refractivity contribution in [2.45, 2.75) is 6.42 Å².